The molecular weight excluding hydrogens is 335 g/mol. The minimum Gasteiger partial charge on any atom is -0.343 e. The van der Waals surface area contributed by atoms with Crippen molar-refractivity contribution in [2.24, 2.45) is 7.05 Å². The van der Waals surface area contributed by atoms with Gasteiger partial charge >= 0.3 is 6.18 Å². The SMILES string of the molecule is Cc1[nH]c2ncc(-c3ccc4[nH]n(C)c(=O)c4n3)cc2c1C(F)(F)F. The molecule has 0 unspecified atom stereocenters. The van der Waals surface area contributed by atoms with E-state index >= 15 is 0 Å². The first-order chi connectivity index (χ1) is 11.8. The molecule has 0 amide bonds. The summed E-state index contributed by atoms with van der Waals surface area (Å²) in [5, 5.41) is 2.82. The van der Waals surface area contributed by atoms with Crippen molar-refractivity contribution < 1.29 is 13.2 Å². The zero-order valence-electron chi connectivity index (χ0n) is 13.2. The van der Waals surface area contributed by atoms with Gasteiger partial charge in [0, 0.05) is 29.9 Å². The molecule has 4 rings (SSSR count). The number of fused-ring (bicyclic) bond motifs is 2. The van der Waals surface area contributed by atoms with Crippen LogP contribution in [0.15, 0.2) is 29.2 Å². The van der Waals surface area contributed by atoms with Crippen molar-refractivity contribution in [1.29, 1.82) is 0 Å². The molecule has 6 nitrogen and oxygen atoms in total. The van der Waals surface area contributed by atoms with Crippen LogP contribution in [0.25, 0.3) is 33.3 Å². The van der Waals surface area contributed by atoms with Crippen molar-refractivity contribution in [1.82, 2.24) is 24.7 Å². The number of nitrogens with one attached hydrogen (secondary N) is 2. The van der Waals surface area contributed by atoms with Gasteiger partial charge in [0.05, 0.1) is 16.8 Å². The molecule has 4 aromatic heterocycles. The standard InChI is InChI=1S/C16H12F3N5O/c1-7-12(16(17,18)19)9-5-8(6-20-14(9)21-7)10-3-4-11-13(22-10)15(25)24(2)23-11/h3-6,23H,1-2H3,(H,20,21). The summed E-state index contributed by atoms with van der Waals surface area (Å²) in [6.07, 6.45) is -3.06. The first kappa shape index (κ1) is 15.4. The molecule has 0 aromatic carbocycles. The van der Waals surface area contributed by atoms with E-state index in [-0.39, 0.29) is 27.8 Å². The van der Waals surface area contributed by atoms with Crippen LogP contribution in [0.5, 0.6) is 0 Å². The first-order valence-corrected chi connectivity index (χ1v) is 7.37. The molecule has 0 radical (unpaired) electrons. The fourth-order valence-electron chi connectivity index (χ4n) is 2.97. The Hall–Kier alpha value is -3.10. The second-order valence-electron chi connectivity index (χ2n) is 5.81. The number of pyridine rings is 2. The van der Waals surface area contributed by atoms with Gasteiger partial charge in [-0.15, -0.1) is 0 Å². The summed E-state index contributed by atoms with van der Waals surface area (Å²) in [5.74, 6) is 0. The highest BCUT2D eigenvalue weighted by Crippen LogP contribution is 2.38. The molecular formula is C16H12F3N5O. The van der Waals surface area contributed by atoms with Crippen LogP contribution in [0.2, 0.25) is 0 Å². The molecule has 4 aromatic rings. The minimum absolute atomic E-state index is 0.00932. The Bertz CT molecular complexity index is 1180. The highest BCUT2D eigenvalue weighted by Gasteiger charge is 2.36. The molecule has 128 valence electrons. The van der Waals surface area contributed by atoms with Gasteiger partial charge in [0.2, 0.25) is 0 Å². The Morgan fingerprint density at radius 2 is 2.00 bits per heavy atom. The van der Waals surface area contributed by atoms with Gasteiger partial charge in [-0.25, -0.2) is 9.97 Å². The quantitative estimate of drug-likeness (QED) is 0.555. The number of aromatic amines is 2. The lowest BCUT2D eigenvalue weighted by Crippen LogP contribution is -2.12. The molecule has 0 aliphatic carbocycles. The van der Waals surface area contributed by atoms with Gasteiger partial charge in [-0.2, -0.15) is 13.2 Å². The fraction of sp³-hybridized carbons (Fsp3) is 0.188. The van der Waals surface area contributed by atoms with E-state index in [2.05, 4.69) is 20.1 Å². The van der Waals surface area contributed by atoms with Gasteiger partial charge < -0.3 is 4.98 Å². The molecule has 0 aliphatic heterocycles. The number of H-pyrrole nitrogens is 2. The van der Waals surface area contributed by atoms with E-state index in [1.165, 1.54) is 23.9 Å². The molecule has 2 N–H and O–H groups in total. The Morgan fingerprint density at radius 1 is 1.24 bits per heavy atom. The lowest BCUT2D eigenvalue weighted by molar-refractivity contribution is -0.136. The lowest BCUT2D eigenvalue weighted by Gasteiger charge is -2.07. The number of aryl methyl sites for hydroxylation is 2. The lowest BCUT2D eigenvalue weighted by atomic mass is 10.1. The van der Waals surface area contributed by atoms with Crippen LogP contribution in [0.1, 0.15) is 11.3 Å². The van der Waals surface area contributed by atoms with Gasteiger partial charge in [-0.1, -0.05) is 0 Å². The average molecular weight is 347 g/mol. The van der Waals surface area contributed by atoms with Crippen LogP contribution in [-0.2, 0) is 13.2 Å². The number of halogens is 3. The van der Waals surface area contributed by atoms with Crippen molar-refractivity contribution >= 4 is 22.1 Å². The highest BCUT2D eigenvalue weighted by atomic mass is 19.4. The van der Waals surface area contributed by atoms with E-state index in [1.54, 1.807) is 19.2 Å². The van der Waals surface area contributed by atoms with E-state index in [0.717, 1.165) is 0 Å². The third-order valence-electron chi connectivity index (χ3n) is 4.11. The summed E-state index contributed by atoms with van der Waals surface area (Å²) in [6.45, 7) is 1.36. The number of rotatable bonds is 1. The van der Waals surface area contributed by atoms with Gasteiger partial charge in [-0.3, -0.25) is 14.6 Å². The number of hydrogen-bond donors (Lipinski definition) is 2. The summed E-state index contributed by atoms with van der Waals surface area (Å²) >= 11 is 0. The molecule has 0 spiro atoms. The number of aromatic nitrogens is 5. The Morgan fingerprint density at radius 3 is 2.72 bits per heavy atom. The molecule has 0 aliphatic rings. The highest BCUT2D eigenvalue weighted by molar-refractivity contribution is 5.86. The second-order valence-corrected chi connectivity index (χ2v) is 5.81. The monoisotopic (exact) mass is 347 g/mol. The smallest absolute Gasteiger partial charge is 0.343 e. The maximum absolute atomic E-state index is 13.3. The topological polar surface area (TPSA) is 79.4 Å². The maximum atomic E-state index is 13.3. The van der Waals surface area contributed by atoms with Gasteiger partial charge in [-0.05, 0) is 25.1 Å². The van der Waals surface area contributed by atoms with Crippen LogP contribution < -0.4 is 5.56 Å². The van der Waals surface area contributed by atoms with Crippen LogP contribution in [-0.4, -0.2) is 24.7 Å². The van der Waals surface area contributed by atoms with Crippen molar-refractivity contribution in [3.8, 4) is 11.3 Å². The predicted molar refractivity (Wildman–Crippen MR) is 86.2 cm³/mol. The normalized spacial score (nSPS) is 12.4. The van der Waals surface area contributed by atoms with Crippen molar-refractivity contribution in [2.45, 2.75) is 13.1 Å². The number of nitrogens with zero attached hydrogens (tertiary/aromatic N) is 3. The molecule has 25 heavy (non-hydrogen) atoms. The Kier molecular flexibility index (Phi) is 3.05. The number of hydrogen-bond acceptors (Lipinski definition) is 3. The van der Waals surface area contributed by atoms with Crippen molar-refractivity contribution in [3.63, 3.8) is 0 Å². The van der Waals surface area contributed by atoms with Crippen LogP contribution in [0.3, 0.4) is 0 Å². The molecule has 9 heteroatoms. The van der Waals surface area contributed by atoms with Crippen LogP contribution in [0, 0.1) is 6.92 Å². The summed E-state index contributed by atoms with van der Waals surface area (Å²) in [5.41, 5.74) is 0.685. The van der Waals surface area contributed by atoms with Crippen molar-refractivity contribution in [2.75, 3.05) is 0 Å². The number of alkyl halides is 3. The van der Waals surface area contributed by atoms with Gasteiger partial charge in [0.1, 0.15) is 5.65 Å². The molecule has 0 atom stereocenters. The van der Waals surface area contributed by atoms with E-state index in [4.69, 9.17) is 0 Å². The molecule has 0 saturated carbocycles. The molecule has 0 bridgehead atoms. The Labute approximate surface area is 138 Å². The summed E-state index contributed by atoms with van der Waals surface area (Å²) in [7, 11) is 1.56. The van der Waals surface area contributed by atoms with E-state index in [0.29, 0.717) is 16.8 Å². The average Bonchev–Trinajstić information content (AvgIpc) is 3.02. The molecule has 4 heterocycles. The Balaban J connectivity index is 1.95. The zero-order chi connectivity index (χ0) is 17.9. The van der Waals surface area contributed by atoms with E-state index < -0.39 is 11.7 Å². The van der Waals surface area contributed by atoms with Gasteiger partial charge in [0.15, 0.2) is 5.52 Å². The summed E-state index contributed by atoms with van der Waals surface area (Å²) in [4.78, 5) is 23.0. The summed E-state index contributed by atoms with van der Waals surface area (Å²) < 4.78 is 41.2. The van der Waals surface area contributed by atoms with E-state index in [9.17, 15) is 18.0 Å². The largest absolute Gasteiger partial charge is 0.418 e. The fourth-order valence-corrected chi connectivity index (χ4v) is 2.97. The molecule has 0 fully saturated rings. The van der Waals surface area contributed by atoms with Crippen LogP contribution >= 0.6 is 0 Å². The summed E-state index contributed by atoms with van der Waals surface area (Å²) in [6, 6.07) is 4.68. The first-order valence-electron chi connectivity index (χ1n) is 7.37. The molecule has 0 saturated heterocycles. The van der Waals surface area contributed by atoms with Crippen molar-refractivity contribution in [3.05, 3.63) is 46.0 Å². The predicted octanol–water partition coefficient (Wildman–Crippen LogP) is 3.13. The van der Waals surface area contributed by atoms with Crippen LogP contribution in [0.4, 0.5) is 13.2 Å². The zero-order valence-corrected chi connectivity index (χ0v) is 13.2. The second kappa shape index (κ2) is 4.95. The van der Waals surface area contributed by atoms with E-state index in [1.807, 2.05) is 0 Å². The third-order valence-corrected chi connectivity index (χ3v) is 4.11. The maximum Gasteiger partial charge on any atom is 0.418 e. The third kappa shape index (κ3) is 2.31. The van der Waals surface area contributed by atoms with Gasteiger partial charge in [0.25, 0.3) is 5.56 Å². The minimum atomic E-state index is -4.49.